The second kappa shape index (κ2) is 6.48. The smallest absolute Gasteiger partial charge is 0.212 e. The van der Waals surface area contributed by atoms with Crippen molar-refractivity contribution in [3.8, 4) is 0 Å². The van der Waals surface area contributed by atoms with Crippen LogP contribution in [0.25, 0.3) is 23.1 Å². The molecule has 2 nitrogen and oxygen atoms in total. The third-order valence-electron chi connectivity index (χ3n) is 4.89. The Hall–Kier alpha value is -2.61. The molecule has 2 heterocycles. The first-order valence-corrected chi connectivity index (χ1v) is 8.72. The number of hydrogen-bond acceptors (Lipinski definition) is 1. The fraction of sp³-hybridized carbons (Fsp3) is 0.227. The van der Waals surface area contributed by atoms with E-state index in [1.54, 1.807) is 0 Å². The molecule has 0 amide bonds. The topological polar surface area (TPSA) is 7.12 Å². The van der Waals surface area contributed by atoms with E-state index < -0.39 is 0 Å². The zero-order valence-corrected chi connectivity index (χ0v) is 14.2. The number of benzene rings is 2. The van der Waals surface area contributed by atoms with Gasteiger partial charge in [0.1, 0.15) is 7.05 Å². The van der Waals surface area contributed by atoms with Crippen molar-refractivity contribution in [3.63, 3.8) is 0 Å². The number of fused-ring (bicyclic) bond motifs is 1. The van der Waals surface area contributed by atoms with Gasteiger partial charge in [-0.05, 0) is 42.2 Å². The Balaban J connectivity index is 1.60. The number of rotatable bonds is 3. The van der Waals surface area contributed by atoms with Gasteiger partial charge >= 0.3 is 0 Å². The van der Waals surface area contributed by atoms with Crippen molar-refractivity contribution in [1.29, 1.82) is 0 Å². The zero-order valence-electron chi connectivity index (χ0n) is 14.2. The zero-order chi connectivity index (χ0) is 16.4. The highest BCUT2D eigenvalue weighted by Crippen LogP contribution is 2.22. The van der Waals surface area contributed by atoms with Gasteiger partial charge in [-0.2, -0.15) is 0 Å². The quantitative estimate of drug-likeness (QED) is 0.648. The maximum atomic E-state index is 2.47. The van der Waals surface area contributed by atoms with Crippen LogP contribution in [-0.4, -0.2) is 13.1 Å². The molecule has 1 fully saturated rings. The minimum Gasteiger partial charge on any atom is -0.372 e. The molecule has 4 rings (SSSR count). The maximum absolute atomic E-state index is 2.47. The van der Waals surface area contributed by atoms with Gasteiger partial charge in [0.05, 0.1) is 5.39 Å². The van der Waals surface area contributed by atoms with Gasteiger partial charge in [-0.15, -0.1) is 0 Å². The summed E-state index contributed by atoms with van der Waals surface area (Å²) in [6, 6.07) is 19.6. The van der Waals surface area contributed by atoms with Crippen molar-refractivity contribution >= 4 is 28.7 Å². The van der Waals surface area contributed by atoms with Gasteiger partial charge in [-0.1, -0.05) is 36.4 Å². The molecule has 0 radical (unpaired) electrons. The molecule has 1 saturated heterocycles. The van der Waals surface area contributed by atoms with Crippen LogP contribution < -0.4 is 9.47 Å². The highest BCUT2D eigenvalue weighted by Gasteiger charge is 2.11. The van der Waals surface area contributed by atoms with Gasteiger partial charge in [-0.3, -0.25) is 0 Å². The third kappa shape index (κ3) is 2.92. The van der Waals surface area contributed by atoms with Gasteiger partial charge in [0.25, 0.3) is 0 Å². The number of aryl methyl sites for hydroxylation is 1. The lowest BCUT2D eigenvalue weighted by atomic mass is 10.1. The molecule has 0 spiro atoms. The van der Waals surface area contributed by atoms with Crippen molar-refractivity contribution in [2.75, 3.05) is 18.0 Å². The standard InChI is InChI=1S/C22H23N2/c1-23-17-14-19(21-6-2-3-7-22(21)23)11-8-18-9-12-20(13-10-18)24-15-4-5-16-24/h2-3,6-14,17H,4-5,15-16H2,1H3/q+1. The van der Waals surface area contributed by atoms with Crippen LogP contribution in [0.15, 0.2) is 60.8 Å². The van der Waals surface area contributed by atoms with E-state index in [4.69, 9.17) is 0 Å². The summed E-state index contributed by atoms with van der Waals surface area (Å²) in [5.74, 6) is 0. The molecule has 0 bridgehead atoms. The van der Waals surface area contributed by atoms with Gasteiger partial charge in [-0.25, -0.2) is 4.57 Å². The third-order valence-corrected chi connectivity index (χ3v) is 4.89. The largest absolute Gasteiger partial charge is 0.372 e. The van der Waals surface area contributed by atoms with Crippen LogP contribution in [0.5, 0.6) is 0 Å². The number of para-hydroxylation sites is 1. The normalized spacial score (nSPS) is 14.8. The Morgan fingerprint density at radius 2 is 1.62 bits per heavy atom. The van der Waals surface area contributed by atoms with E-state index in [2.05, 4.69) is 89.5 Å². The maximum Gasteiger partial charge on any atom is 0.212 e. The van der Waals surface area contributed by atoms with E-state index in [0.29, 0.717) is 0 Å². The Kier molecular flexibility index (Phi) is 4.04. The van der Waals surface area contributed by atoms with Gasteiger partial charge in [0.15, 0.2) is 6.20 Å². The van der Waals surface area contributed by atoms with Crippen molar-refractivity contribution in [2.45, 2.75) is 12.8 Å². The van der Waals surface area contributed by atoms with Gasteiger partial charge in [0.2, 0.25) is 5.52 Å². The number of hydrogen-bond donors (Lipinski definition) is 0. The highest BCUT2D eigenvalue weighted by molar-refractivity contribution is 5.88. The van der Waals surface area contributed by atoms with E-state index in [9.17, 15) is 0 Å². The summed E-state index contributed by atoms with van der Waals surface area (Å²) < 4.78 is 2.16. The van der Waals surface area contributed by atoms with Crippen LogP contribution in [0.4, 0.5) is 5.69 Å². The number of aromatic nitrogens is 1. The van der Waals surface area contributed by atoms with Gasteiger partial charge < -0.3 is 4.90 Å². The molecule has 1 aliphatic rings. The molecule has 1 aromatic heterocycles. The molecule has 2 aromatic carbocycles. The first kappa shape index (κ1) is 14.9. The number of anilines is 1. The van der Waals surface area contributed by atoms with Crippen LogP contribution in [0.3, 0.4) is 0 Å². The predicted molar refractivity (Wildman–Crippen MR) is 102 cm³/mol. The fourth-order valence-electron chi connectivity index (χ4n) is 3.49. The summed E-state index contributed by atoms with van der Waals surface area (Å²) in [5, 5.41) is 1.28. The molecule has 2 heteroatoms. The lowest BCUT2D eigenvalue weighted by Gasteiger charge is -2.17. The molecule has 24 heavy (non-hydrogen) atoms. The van der Waals surface area contributed by atoms with E-state index in [1.807, 2.05) is 0 Å². The second-order valence-electron chi connectivity index (χ2n) is 6.52. The molecule has 120 valence electrons. The molecule has 0 saturated carbocycles. The second-order valence-corrected chi connectivity index (χ2v) is 6.52. The Labute approximate surface area is 143 Å². The minimum absolute atomic E-state index is 1.20. The highest BCUT2D eigenvalue weighted by atomic mass is 15.1. The Morgan fingerprint density at radius 3 is 2.42 bits per heavy atom. The summed E-state index contributed by atoms with van der Waals surface area (Å²) in [7, 11) is 2.09. The summed E-state index contributed by atoms with van der Waals surface area (Å²) in [5.41, 5.74) is 5.11. The van der Waals surface area contributed by atoms with Crippen molar-refractivity contribution < 1.29 is 4.57 Å². The van der Waals surface area contributed by atoms with E-state index in [0.717, 1.165) is 0 Å². The van der Waals surface area contributed by atoms with Crippen LogP contribution in [0.1, 0.15) is 24.0 Å². The molecule has 0 atom stereocenters. The van der Waals surface area contributed by atoms with E-state index >= 15 is 0 Å². The molecule has 3 aromatic rings. The van der Waals surface area contributed by atoms with Crippen LogP contribution in [0, 0.1) is 0 Å². The minimum atomic E-state index is 1.20. The van der Waals surface area contributed by atoms with Crippen LogP contribution in [-0.2, 0) is 7.05 Å². The van der Waals surface area contributed by atoms with Crippen molar-refractivity contribution in [2.24, 2.45) is 7.05 Å². The lowest BCUT2D eigenvalue weighted by Crippen LogP contribution is -2.28. The van der Waals surface area contributed by atoms with Crippen molar-refractivity contribution in [3.05, 3.63) is 71.9 Å². The van der Waals surface area contributed by atoms with Crippen LogP contribution in [0.2, 0.25) is 0 Å². The predicted octanol–water partition coefficient (Wildman–Crippen LogP) is 4.43. The molecular formula is C22H23N2+. The molecule has 1 aliphatic heterocycles. The summed E-state index contributed by atoms with van der Waals surface area (Å²) >= 11 is 0. The molecule has 0 N–H and O–H groups in total. The summed E-state index contributed by atoms with van der Waals surface area (Å²) in [6.45, 7) is 2.39. The lowest BCUT2D eigenvalue weighted by molar-refractivity contribution is -0.644. The Morgan fingerprint density at radius 1 is 0.875 bits per heavy atom. The Bertz CT molecular complexity index is 872. The number of pyridine rings is 1. The van der Waals surface area contributed by atoms with Crippen LogP contribution >= 0.6 is 0 Å². The molecule has 0 aliphatic carbocycles. The SMILES string of the molecule is C[n+]1ccc(/C=C/c2ccc(N3CCCC3)cc2)c2ccccc21. The average molecular weight is 315 g/mol. The fourth-order valence-corrected chi connectivity index (χ4v) is 3.49. The number of nitrogens with zero attached hydrogens (tertiary/aromatic N) is 2. The van der Waals surface area contributed by atoms with Gasteiger partial charge in [0, 0.05) is 30.9 Å². The first-order chi connectivity index (χ1) is 11.8. The van der Waals surface area contributed by atoms with E-state index in [-0.39, 0.29) is 0 Å². The summed E-state index contributed by atoms with van der Waals surface area (Å²) in [6.07, 6.45) is 9.18. The average Bonchev–Trinajstić information content (AvgIpc) is 3.17. The summed E-state index contributed by atoms with van der Waals surface area (Å²) in [4.78, 5) is 2.47. The first-order valence-electron chi connectivity index (χ1n) is 8.72. The molecular weight excluding hydrogens is 292 g/mol. The van der Waals surface area contributed by atoms with E-state index in [1.165, 1.54) is 53.6 Å². The monoisotopic (exact) mass is 315 g/mol. The molecule has 0 unspecified atom stereocenters. The van der Waals surface area contributed by atoms with Crippen molar-refractivity contribution in [1.82, 2.24) is 0 Å².